The number of anilines is 1. The number of hydrogen-bond acceptors (Lipinski definition) is 6. The highest BCUT2D eigenvalue weighted by atomic mass is 16.6. The number of nitrogens with one attached hydrogen (secondary N) is 1. The number of nitrogens with two attached hydrogens (primary N) is 1. The Hall–Kier alpha value is -3.68. The molecule has 0 radical (unpaired) electrons. The Bertz CT molecular complexity index is 906. The van der Waals surface area contributed by atoms with Crippen molar-refractivity contribution in [3.8, 4) is 5.75 Å². The molecule has 0 saturated heterocycles. The second-order valence-electron chi connectivity index (χ2n) is 6.45. The van der Waals surface area contributed by atoms with E-state index in [2.05, 4.69) is 5.32 Å². The van der Waals surface area contributed by atoms with Crippen LogP contribution in [0.15, 0.2) is 48.5 Å². The molecular weight excluding hydrogens is 376 g/mol. The van der Waals surface area contributed by atoms with E-state index in [1.54, 1.807) is 38.1 Å². The zero-order chi connectivity index (χ0) is 21.4. The van der Waals surface area contributed by atoms with E-state index in [0.29, 0.717) is 11.3 Å². The molecule has 3 N–H and O–H groups in total. The van der Waals surface area contributed by atoms with Gasteiger partial charge in [-0.25, -0.2) is 4.79 Å². The molecule has 152 valence electrons. The van der Waals surface area contributed by atoms with Crippen LogP contribution in [-0.2, 0) is 14.3 Å². The summed E-state index contributed by atoms with van der Waals surface area (Å²) >= 11 is 0. The number of carbonyl (C=O) groups is 4. The van der Waals surface area contributed by atoms with Gasteiger partial charge in [0, 0.05) is 17.2 Å². The van der Waals surface area contributed by atoms with Crippen LogP contribution in [0.25, 0.3) is 0 Å². The Morgan fingerprint density at radius 3 is 2.24 bits per heavy atom. The fourth-order valence-corrected chi connectivity index (χ4v) is 2.23. The van der Waals surface area contributed by atoms with Crippen molar-refractivity contribution in [1.29, 1.82) is 0 Å². The van der Waals surface area contributed by atoms with Crippen LogP contribution in [0, 0.1) is 5.92 Å². The maximum atomic E-state index is 12.1. The summed E-state index contributed by atoms with van der Waals surface area (Å²) in [6, 6.07) is 12.5. The molecule has 8 heteroatoms. The van der Waals surface area contributed by atoms with E-state index in [4.69, 9.17) is 15.2 Å². The van der Waals surface area contributed by atoms with Crippen molar-refractivity contribution in [2.24, 2.45) is 11.7 Å². The predicted molar refractivity (Wildman–Crippen MR) is 106 cm³/mol. The highest BCUT2D eigenvalue weighted by Gasteiger charge is 2.14. The molecule has 0 unspecified atom stereocenters. The standard InChI is InChI=1S/C21H22N2O6/c1-13(2)21(27)23-15-9-7-14(8-10-15)17(24)11-29-19(25)12-28-18-6-4-3-5-16(18)20(22)26/h3-10,13H,11-12H2,1-2H3,(H2,22,26)(H,23,27). The zero-order valence-electron chi connectivity index (χ0n) is 16.1. The number of para-hydroxylation sites is 1. The number of esters is 1. The third-order valence-corrected chi connectivity index (χ3v) is 3.86. The highest BCUT2D eigenvalue weighted by molar-refractivity contribution is 5.99. The number of carbonyl (C=O) groups excluding carboxylic acids is 4. The van der Waals surface area contributed by atoms with Gasteiger partial charge in [-0.05, 0) is 36.4 Å². The van der Waals surface area contributed by atoms with Gasteiger partial charge in [-0.2, -0.15) is 0 Å². The summed E-state index contributed by atoms with van der Waals surface area (Å²) in [7, 11) is 0. The van der Waals surface area contributed by atoms with Crippen LogP contribution in [0.2, 0.25) is 0 Å². The molecule has 29 heavy (non-hydrogen) atoms. The van der Waals surface area contributed by atoms with Crippen LogP contribution in [0.5, 0.6) is 5.75 Å². The van der Waals surface area contributed by atoms with E-state index in [0.717, 1.165) is 0 Å². The van der Waals surface area contributed by atoms with Gasteiger partial charge in [0.05, 0.1) is 5.56 Å². The molecule has 2 amide bonds. The summed E-state index contributed by atoms with van der Waals surface area (Å²) in [5, 5.41) is 2.72. The Kier molecular flexibility index (Phi) is 7.47. The van der Waals surface area contributed by atoms with Crippen molar-refractivity contribution >= 4 is 29.3 Å². The van der Waals surface area contributed by atoms with E-state index in [9.17, 15) is 19.2 Å². The molecule has 0 atom stereocenters. The van der Waals surface area contributed by atoms with Crippen molar-refractivity contribution in [2.75, 3.05) is 18.5 Å². The van der Waals surface area contributed by atoms with Gasteiger partial charge in [0.15, 0.2) is 19.0 Å². The third-order valence-electron chi connectivity index (χ3n) is 3.86. The molecule has 0 aromatic heterocycles. The van der Waals surface area contributed by atoms with Crippen LogP contribution < -0.4 is 15.8 Å². The number of rotatable bonds is 9. The molecule has 0 fully saturated rings. The Balaban J connectivity index is 1.83. The number of hydrogen-bond donors (Lipinski definition) is 2. The number of ketones is 1. The summed E-state index contributed by atoms with van der Waals surface area (Å²) < 4.78 is 10.2. The molecule has 0 saturated carbocycles. The topological polar surface area (TPSA) is 125 Å². The summed E-state index contributed by atoms with van der Waals surface area (Å²) in [5.41, 5.74) is 6.27. The lowest BCUT2D eigenvalue weighted by molar-refractivity contribution is -0.144. The number of ether oxygens (including phenoxy) is 2. The monoisotopic (exact) mass is 398 g/mol. The quantitative estimate of drug-likeness (QED) is 0.493. The van der Waals surface area contributed by atoms with E-state index in [1.807, 2.05) is 0 Å². The SMILES string of the molecule is CC(C)C(=O)Nc1ccc(C(=O)COC(=O)COc2ccccc2C(N)=O)cc1. The molecule has 0 aliphatic rings. The van der Waals surface area contributed by atoms with Crippen molar-refractivity contribution in [3.05, 3.63) is 59.7 Å². The van der Waals surface area contributed by atoms with Gasteiger partial charge in [-0.3, -0.25) is 14.4 Å². The van der Waals surface area contributed by atoms with Gasteiger partial charge < -0.3 is 20.5 Å². The summed E-state index contributed by atoms with van der Waals surface area (Å²) in [4.78, 5) is 46.9. The lowest BCUT2D eigenvalue weighted by Gasteiger charge is -2.10. The average molecular weight is 398 g/mol. The first-order valence-electron chi connectivity index (χ1n) is 8.89. The van der Waals surface area contributed by atoms with Gasteiger partial charge in [0.2, 0.25) is 5.91 Å². The Labute approximate surface area is 168 Å². The molecule has 8 nitrogen and oxygen atoms in total. The largest absolute Gasteiger partial charge is 0.481 e. The Morgan fingerprint density at radius 2 is 1.62 bits per heavy atom. The van der Waals surface area contributed by atoms with Gasteiger partial charge in [0.1, 0.15) is 5.75 Å². The average Bonchev–Trinajstić information content (AvgIpc) is 2.71. The maximum absolute atomic E-state index is 12.1. The summed E-state index contributed by atoms with van der Waals surface area (Å²) in [6.07, 6.45) is 0. The van der Waals surface area contributed by atoms with Gasteiger partial charge in [-0.15, -0.1) is 0 Å². The fraction of sp³-hybridized carbons (Fsp3) is 0.238. The van der Waals surface area contributed by atoms with Gasteiger partial charge in [0.25, 0.3) is 5.91 Å². The number of primary amides is 1. The van der Waals surface area contributed by atoms with E-state index in [-0.39, 0.29) is 23.1 Å². The first-order valence-corrected chi connectivity index (χ1v) is 8.89. The third kappa shape index (κ3) is 6.46. The lowest BCUT2D eigenvalue weighted by atomic mass is 10.1. The molecule has 0 heterocycles. The fourth-order valence-electron chi connectivity index (χ4n) is 2.23. The minimum atomic E-state index is -0.765. The summed E-state index contributed by atoms with van der Waals surface area (Å²) in [5.74, 6) is -1.99. The minimum absolute atomic E-state index is 0.129. The zero-order valence-corrected chi connectivity index (χ0v) is 16.1. The van der Waals surface area contributed by atoms with E-state index < -0.39 is 30.9 Å². The molecule has 0 bridgehead atoms. The number of benzene rings is 2. The van der Waals surface area contributed by atoms with Crippen molar-refractivity contribution in [1.82, 2.24) is 0 Å². The second kappa shape index (κ2) is 10.0. The number of Topliss-reactive ketones (excluding diaryl/α,β-unsaturated/α-hetero) is 1. The first kappa shape index (κ1) is 21.6. The van der Waals surface area contributed by atoms with E-state index in [1.165, 1.54) is 24.3 Å². The van der Waals surface area contributed by atoms with Crippen LogP contribution in [-0.4, -0.2) is 36.8 Å². The van der Waals surface area contributed by atoms with Crippen molar-refractivity contribution in [3.63, 3.8) is 0 Å². The molecule has 2 aromatic carbocycles. The first-order chi connectivity index (χ1) is 13.8. The Morgan fingerprint density at radius 1 is 0.966 bits per heavy atom. The maximum Gasteiger partial charge on any atom is 0.344 e. The van der Waals surface area contributed by atoms with Crippen LogP contribution in [0.1, 0.15) is 34.6 Å². The highest BCUT2D eigenvalue weighted by Crippen LogP contribution is 2.17. The molecule has 0 spiro atoms. The van der Waals surface area contributed by atoms with Crippen molar-refractivity contribution < 1.29 is 28.7 Å². The molecular formula is C21H22N2O6. The smallest absolute Gasteiger partial charge is 0.344 e. The minimum Gasteiger partial charge on any atom is -0.481 e. The molecule has 0 aliphatic heterocycles. The van der Waals surface area contributed by atoms with Crippen molar-refractivity contribution in [2.45, 2.75) is 13.8 Å². The van der Waals surface area contributed by atoms with Gasteiger partial charge in [-0.1, -0.05) is 26.0 Å². The second-order valence-corrected chi connectivity index (χ2v) is 6.45. The normalized spacial score (nSPS) is 10.3. The molecule has 2 aromatic rings. The van der Waals surface area contributed by atoms with Crippen LogP contribution in [0.3, 0.4) is 0 Å². The molecule has 2 rings (SSSR count). The predicted octanol–water partition coefficient (Wildman–Crippen LogP) is 2.18. The summed E-state index contributed by atoms with van der Waals surface area (Å²) in [6.45, 7) is 2.62. The van der Waals surface area contributed by atoms with Crippen LogP contribution >= 0.6 is 0 Å². The van der Waals surface area contributed by atoms with Gasteiger partial charge >= 0.3 is 5.97 Å². The van der Waals surface area contributed by atoms with Crippen LogP contribution in [0.4, 0.5) is 5.69 Å². The number of amides is 2. The molecule has 0 aliphatic carbocycles. The van der Waals surface area contributed by atoms with E-state index >= 15 is 0 Å². The lowest BCUT2D eigenvalue weighted by Crippen LogP contribution is -2.21.